The van der Waals surface area contributed by atoms with Crippen molar-refractivity contribution in [2.45, 2.75) is 191 Å². The molecule has 0 radical (unpaired) electrons. The van der Waals surface area contributed by atoms with Gasteiger partial charge in [-0.2, -0.15) is 0 Å². The fourth-order valence-corrected chi connectivity index (χ4v) is 10.9. The Balaban J connectivity index is 1.20. The van der Waals surface area contributed by atoms with Gasteiger partial charge in [0.2, 0.25) is 0 Å². The molecule has 0 amide bonds. The lowest BCUT2D eigenvalue weighted by Gasteiger charge is -2.52. The summed E-state index contributed by atoms with van der Waals surface area (Å²) in [6.45, 7) is 15.7. The van der Waals surface area contributed by atoms with Crippen LogP contribution in [0.3, 0.4) is 0 Å². The summed E-state index contributed by atoms with van der Waals surface area (Å²) in [7, 11) is 3.29. The van der Waals surface area contributed by atoms with E-state index in [9.17, 15) is 20.2 Å². The topological polar surface area (TPSA) is 208 Å². The van der Waals surface area contributed by atoms with Gasteiger partial charge < -0.3 is 68.5 Å². The number of allylic oxidation sites excluding steroid dienone is 2. The number of hydrogen-bond donors (Lipinski definition) is 4. The van der Waals surface area contributed by atoms with E-state index in [0.717, 1.165) is 5.57 Å². The summed E-state index contributed by atoms with van der Waals surface area (Å²) in [5.41, 5.74) is 6.42. The van der Waals surface area contributed by atoms with E-state index < -0.39 is 78.6 Å². The first kappa shape index (κ1) is 48.4. The number of esters is 1. The van der Waals surface area contributed by atoms with Crippen LogP contribution >= 0.6 is 0 Å². The molecule has 5 N–H and O–H groups in total. The Morgan fingerprint density at radius 3 is 2.33 bits per heavy atom. The zero-order chi connectivity index (χ0) is 45.5. The maximum Gasteiger partial charge on any atom is 0.316 e. The summed E-state index contributed by atoms with van der Waals surface area (Å²) in [5.74, 6) is -3.30. The number of aliphatic hydroxyl groups is 2. The van der Waals surface area contributed by atoms with Crippen molar-refractivity contribution in [3.63, 3.8) is 0 Å². The van der Waals surface area contributed by atoms with E-state index in [1.165, 1.54) is 0 Å². The SMILES string of the molecule is CO[C@H]1C[C@H](O[C@@H]2[C@@H](C)OC(O[C@@H]3/C(C)=C/CC4CC(CC5(CC(O)[C@@H](C)C(C(C)C)O5)O4)OC(=O)C4C=C(C)/C(=N\O)C5OC/C(=C\C=C\C3C)[C@@]45O)C[C@H]2OC)O[C@@H](C)[C@H]1N. The largest absolute Gasteiger partial charge is 0.462 e. The van der Waals surface area contributed by atoms with Crippen LogP contribution in [0, 0.1) is 23.7 Å². The van der Waals surface area contributed by atoms with Crippen LogP contribution < -0.4 is 5.73 Å². The number of hydrogen-bond acceptors (Lipinski definition) is 16. The van der Waals surface area contributed by atoms with Crippen molar-refractivity contribution in [3.05, 3.63) is 47.1 Å². The third kappa shape index (κ3) is 9.80. The molecule has 7 aliphatic rings. The third-order valence-electron chi connectivity index (χ3n) is 14.5. The molecule has 16 nitrogen and oxygen atoms in total. The normalized spacial score (nSPS) is 49.0. The highest BCUT2D eigenvalue weighted by Gasteiger charge is 2.60. The number of ether oxygens (including phenoxy) is 10. The van der Waals surface area contributed by atoms with Crippen LogP contribution in [0.5, 0.6) is 0 Å². The molecule has 0 aromatic rings. The Morgan fingerprint density at radius 2 is 1.63 bits per heavy atom. The van der Waals surface area contributed by atoms with Crippen LogP contribution in [-0.2, 0) is 52.2 Å². The van der Waals surface area contributed by atoms with Crippen LogP contribution in [0.2, 0.25) is 0 Å². The minimum atomic E-state index is -1.90. The van der Waals surface area contributed by atoms with E-state index in [-0.39, 0.29) is 73.4 Å². The molecular formula is C47H72N2O14. The van der Waals surface area contributed by atoms with Crippen molar-refractivity contribution < 1.29 is 67.6 Å². The standard InChI is InChI=1S/C47H72N2O14/c1-23(2)41-27(6)34(50)21-46(63-41)20-32-17-31(62-46)15-14-25(4)42(60-38-19-36(55-10)43(29(8)58-38)61-37-18-35(54-9)39(48)28(7)57-37)24(3)12-11-13-30-22-56-44-40(49-53)26(5)16-33(45(51)59-32)47(30,44)52/h11-14,16,23-24,27-29,31-39,41-44,50,52-53H,15,17-22,48H2,1-10H3/b12-11+,25-14+,30-13+,49-40+/t24?,27-,28+,29-,31?,32?,33?,34?,35+,36-,37+,38?,39-,41?,42+,43-,44?,46?,47-/m1/s1. The third-order valence-corrected chi connectivity index (χ3v) is 14.5. The number of oxime groups is 1. The zero-order valence-electron chi connectivity index (χ0n) is 38.6. The Kier molecular flexibility index (Phi) is 15.1. The van der Waals surface area contributed by atoms with Gasteiger partial charge in [0.1, 0.15) is 35.5 Å². The van der Waals surface area contributed by atoms with Gasteiger partial charge in [0, 0.05) is 58.2 Å². The van der Waals surface area contributed by atoms with Gasteiger partial charge in [0.05, 0.1) is 61.5 Å². The molecule has 5 fully saturated rings. The maximum absolute atomic E-state index is 14.4. The van der Waals surface area contributed by atoms with Crippen LogP contribution in [0.1, 0.15) is 93.9 Å². The lowest BCUT2D eigenvalue weighted by atomic mass is 9.71. The summed E-state index contributed by atoms with van der Waals surface area (Å²) in [4.78, 5) is 14.4. The fourth-order valence-electron chi connectivity index (χ4n) is 10.9. The zero-order valence-corrected chi connectivity index (χ0v) is 38.6. The number of fused-ring (bicyclic) bond motifs is 2. The summed E-state index contributed by atoms with van der Waals surface area (Å²) in [6.07, 6.45) is 4.65. The quantitative estimate of drug-likeness (QED) is 0.119. The van der Waals surface area contributed by atoms with Crippen LogP contribution in [-0.4, -0.2) is 145 Å². The molecule has 6 aliphatic heterocycles. The molecule has 7 rings (SSSR count). The van der Waals surface area contributed by atoms with E-state index >= 15 is 0 Å². The van der Waals surface area contributed by atoms with Crippen LogP contribution in [0.15, 0.2) is 52.3 Å². The first-order chi connectivity index (χ1) is 29.9. The van der Waals surface area contributed by atoms with Crippen molar-refractivity contribution in [2.24, 2.45) is 34.6 Å². The average Bonchev–Trinajstić information content (AvgIpc) is 3.57. The second-order valence-corrected chi connectivity index (χ2v) is 19.4. The Labute approximate surface area is 372 Å². The van der Waals surface area contributed by atoms with Crippen LogP contribution in [0.4, 0.5) is 0 Å². The van der Waals surface area contributed by atoms with Gasteiger partial charge in [0.25, 0.3) is 0 Å². The molecule has 2 bridgehead atoms. The number of carbonyl (C=O) groups excluding carboxylic acids is 1. The summed E-state index contributed by atoms with van der Waals surface area (Å²) in [5, 5.41) is 37.5. The number of nitrogens with zero attached hydrogens (tertiary/aromatic N) is 1. The Bertz CT molecular complexity index is 1780. The number of aliphatic hydroxyl groups excluding tert-OH is 1. The maximum atomic E-state index is 14.4. The Hall–Kier alpha value is -2.58. The predicted molar refractivity (Wildman–Crippen MR) is 229 cm³/mol. The fraction of sp³-hybridized carbons (Fsp3) is 0.787. The molecule has 354 valence electrons. The predicted octanol–water partition coefficient (Wildman–Crippen LogP) is 4.62. The molecule has 19 atom stereocenters. The van der Waals surface area contributed by atoms with E-state index in [1.54, 1.807) is 33.3 Å². The van der Waals surface area contributed by atoms with Gasteiger partial charge in [-0.15, -0.1) is 0 Å². The number of rotatable bonds is 7. The van der Waals surface area contributed by atoms with Crippen molar-refractivity contribution in [1.29, 1.82) is 0 Å². The van der Waals surface area contributed by atoms with Gasteiger partial charge in [-0.1, -0.05) is 63.2 Å². The number of carbonyl (C=O) groups is 1. The van der Waals surface area contributed by atoms with Crippen molar-refractivity contribution in [2.75, 3.05) is 20.8 Å². The summed E-state index contributed by atoms with van der Waals surface area (Å²) < 4.78 is 63.9. The lowest BCUT2D eigenvalue weighted by Crippen LogP contribution is -2.59. The first-order valence-corrected chi connectivity index (χ1v) is 22.9. The molecule has 63 heavy (non-hydrogen) atoms. The average molecular weight is 889 g/mol. The number of nitrogens with two attached hydrogens (primary N) is 1. The smallest absolute Gasteiger partial charge is 0.316 e. The Morgan fingerprint density at radius 1 is 0.937 bits per heavy atom. The highest BCUT2D eigenvalue weighted by molar-refractivity contribution is 6.06. The molecule has 1 spiro atoms. The van der Waals surface area contributed by atoms with Crippen LogP contribution in [0.25, 0.3) is 0 Å². The van der Waals surface area contributed by atoms with Gasteiger partial charge >= 0.3 is 5.97 Å². The molecular weight excluding hydrogens is 817 g/mol. The van der Waals surface area contributed by atoms with Gasteiger partial charge in [-0.3, -0.25) is 4.79 Å². The highest BCUT2D eigenvalue weighted by Crippen LogP contribution is 2.47. The molecule has 6 heterocycles. The van der Waals surface area contributed by atoms with Crippen molar-refractivity contribution >= 4 is 11.7 Å². The summed E-state index contributed by atoms with van der Waals surface area (Å²) in [6, 6.07) is -0.269. The number of methoxy groups -OCH3 is 2. The molecule has 0 aromatic carbocycles. The monoisotopic (exact) mass is 888 g/mol. The second-order valence-electron chi connectivity index (χ2n) is 19.4. The lowest BCUT2D eigenvalue weighted by molar-refractivity contribution is -0.353. The minimum absolute atomic E-state index is 0.00912. The molecule has 5 saturated heterocycles. The first-order valence-electron chi connectivity index (χ1n) is 22.9. The van der Waals surface area contributed by atoms with Gasteiger partial charge in [-0.05, 0) is 56.8 Å². The van der Waals surface area contributed by atoms with Gasteiger partial charge in [-0.25, -0.2) is 0 Å². The summed E-state index contributed by atoms with van der Waals surface area (Å²) >= 11 is 0. The van der Waals surface area contributed by atoms with Crippen molar-refractivity contribution in [3.8, 4) is 0 Å². The molecule has 16 heteroatoms. The van der Waals surface area contributed by atoms with E-state index in [2.05, 4.69) is 25.1 Å². The second kappa shape index (κ2) is 19.7. The van der Waals surface area contributed by atoms with E-state index in [4.69, 9.17) is 53.1 Å². The molecule has 1 aliphatic carbocycles. The molecule has 9 unspecified atom stereocenters. The molecule has 0 saturated carbocycles. The van der Waals surface area contributed by atoms with E-state index in [0.29, 0.717) is 36.8 Å². The van der Waals surface area contributed by atoms with Gasteiger partial charge in [0.15, 0.2) is 18.4 Å². The van der Waals surface area contributed by atoms with E-state index in [1.807, 2.05) is 46.8 Å². The van der Waals surface area contributed by atoms with Crippen molar-refractivity contribution in [1.82, 2.24) is 0 Å². The minimum Gasteiger partial charge on any atom is -0.462 e. The molecule has 0 aromatic heterocycles. The highest BCUT2D eigenvalue weighted by atomic mass is 16.7.